The van der Waals surface area contributed by atoms with Crippen molar-refractivity contribution in [2.24, 2.45) is 0 Å². The number of carbonyl (C=O) groups excluding carboxylic acids is 2. The highest BCUT2D eigenvalue weighted by Crippen LogP contribution is 2.36. The van der Waals surface area contributed by atoms with Gasteiger partial charge in [-0.1, -0.05) is 25.0 Å². The maximum Gasteiger partial charge on any atom is 0.410 e. The maximum absolute atomic E-state index is 14.0. The van der Waals surface area contributed by atoms with Gasteiger partial charge >= 0.3 is 12.1 Å². The Bertz CT molecular complexity index is 2100. The molecule has 5 N–H and O–H groups in total. The number of aliphatic carboxylic acids is 1. The van der Waals surface area contributed by atoms with Crippen LogP contribution >= 0.6 is 0 Å². The third kappa shape index (κ3) is 17.8. The van der Waals surface area contributed by atoms with Crippen molar-refractivity contribution in [2.75, 3.05) is 71.3 Å². The SMILES string of the molecule is Cc1ccc(OCCCCCCOCCOCCOCCCCCC(=O)O)cc1[C@H](CCO)NC(=O)c1cccc(NC2(c3nc(-c4ccncc4)n[nH]3)CCN(C(=O)OC(C)(C)C)CC2)c1. The van der Waals surface area contributed by atoms with Crippen molar-refractivity contribution in [3.8, 4) is 17.1 Å². The molecule has 1 saturated heterocycles. The van der Waals surface area contributed by atoms with E-state index in [0.717, 1.165) is 55.2 Å². The van der Waals surface area contributed by atoms with Gasteiger partial charge in [-0.3, -0.25) is 19.7 Å². The summed E-state index contributed by atoms with van der Waals surface area (Å²) in [5.74, 6) is 0.796. The number of hydrogen-bond acceptors (Lipinski definition) is 13. The van der Waals surface area contributed by atoms with Crippen molar-refractivity contribution < 1.29 is 48.3 Å². The molecule has 2 aromatic heterocycles. The Hall–Kier alpha value is -5.62. The average Bonchev–Trinajstić information content (AvgIpc) is 3.82. The third-order valence-corrected chi connectivity index (χ3v) is 11.4. The van der Waals surface area contributed by atoms with Crippen LogP contribution in [0.4, 0.5) is 10.5 Å². The highest BCUT2D eigenvalue weighted by atomic mass is 16.6. The van der Waals surface area contributed by atoms with E-state index in [1.165, 1.54) is 0 Å². The molecule has 2 aromatic carbocycles. The van der Waals surface area contributed by atoms with Gasteiger partial charge in [0.2, 0.25) is 0 Å². The predicted octanol–water partition coefficient (Wildman–Crippen LogP) is 8.00. The van der Waals surface area contributed by atoms with Crippen LogP contribution in [0.15, 0.2) is 67.0 Å². The summed E-state index contributed by atoms with van der Waals surface area (Å²) in [4.78, 5) is 48.3. The number of piperidine rings is 1. The van der Waals surface area contributed by atoms with E-state index >= 15 is 0 Å². The number of aliphatic hydroxyl groups excluding tert-OH is 1. The predicted molar refractivity (Wildman–Crippen MR) is 254 cm³/mol. The highest BCUT2D eigenvalue weighted by molar-refractivity contribution is 5.95. The van der Waals surface area contributed by atoms with E-state index in [1.807, 2.05) is 70.2 Å². The van der Waals surface area contributed by atoms with Crippen LogP contribution < -0.4 is 15.4 Å². The van der Waals surface area contributed by atoms with E-state index in [1.54, 1.807) is 29.4 Å². The van der Waals surface area contributed by atoms with E-state index < -0.39 is 23.2 Å². The Balaban J connectivity index is 1.09. The minimum Gasteiger partial charge on any atom is -0.494 e. The van der Waals surface area contributed by atoms with E-state index in [0.29, 0.717) is 114 Å². The Labute approximate surface area is 394 Å². The number of benzene rings is 2. The van der Waals surface area contributed by atoms with Crippen LogP contribution in [-0.2, 0) is 29.3 Å². The van der Waals surface area contributed by atoms with Crippen LogP contribution in [0.1, 0.15) is 125 Å². The van der Waals surface area contributed by atoms with Gasteiger partial charge in [0.15, 0.2) is 11.6 Å². The lowest BCUT2D eigenvalue weighted by Crippen LogP contribution is -2.50. The molecular formula is C50H71N7O10. The number of amides is 2. The Morgan fingerprint density at radius 1 is 0.836 bits per heavy atom. The van der Waals surface area contributed by atoms with E-state index in [-0.39, 0.29) is 25.0 Å². The van der Waals surface area contributed by atoms with Crippen molar-refractivity contribution in [1.82, 2.24) is 30.4 Å². The third-order valence-electron chi connectivity index (χ3n) is 11.4. The zero-order valence-corrected chi connectivity index (χ0v) is 39.7. The molecule has 2 amide bonds. The molecule has 366 valence electrons. The second-order valence-electron chi connectivity index (χ2n) is 17.9. The van der Waals surface area contributed by atoms with Crippen molar-refractivity contribution in [1.29, 1.82) is 0 Å². The number of nitrogens with zero attached hydrogens (tertiary/aromatic N) is 4. The number of rotatable bonds is 29. The fourth-order valence-electron chi connectivity index (χ4n) is 7.75. The van der Waals surface area contributed by atoms with Crippen LogP contribution in [-0.4, -0.2) is 125 Å². The van der Waals surface area contributed by atoms with Crippen LogP contribution in [0, 0.1) is 6.92 Å². The van der Waals surface area contributed by atoms with Gasteiger partial charge in [0, 0.05) is 68.5 Å². The standard InChI is InChI=1S/C50H71N7O10/c1-37-16-17-41(66-30-11-6-5-9-28-63-31-33-65-34-32-64-29-10-7-8-15-44(59)60)36-42(37)43(20-27-58)52-46(61)39-13-12-14-40(35-39)54-50(21-25-57(26-22-50)48(62)67-49(2,3)4)47-53-45(55-56-47)38-18-23-51-24-19-38/h12-14,16-19,23-24,35-36,43,54,58H,5-11,15,20-22,25-34H2,1-4H3,(H,52,61)(H,59,60)(H,53,55,56)/t43-/m0/s1. The molecule has 17 heteroatoms. The molecule has 1 aliphatic heterocycles. The van der Waals surface area contributed by atoms with Gasteiger partial charge in [-0.15, -0.1) is 0 Å². The molecule has 1 aliphatic rings. The van der Waals surface area contributed by atoms with Gasteiger partial charge in [-0.05, 0) is 133 Å². The molecule has 1 fully saturated rings. The molecule has 67 heavy (non-hydrogen) atoms. The number of aryl methyl sites for hydroxylation is 1. The largest absolute Gasteiger partial charge is 0.494 e. The average molecular weight is 930 g/mol. The number of anilines is 1. The quantitative estimate of drug-likeness (QED) is 0.0326. The monoisotopic (exact) mass is 930 g/mol. The first kappa shape index (κ1) is 52.4. The molecule has 5 rings (SSSR count). The summed E-state index contributed by atoms with van der Waals surface area (Å²) >= 11 is 0. The fraction of sp³-hybridized carbons (Fsp3) is 0.560. The molecule has 1 atom stereocenters. The van der Waals surface area contributed by atoms with Crippen molar-refractivity contribution in [3.05, 3.63) is 89.5 Å². The molecule has 0 aliphatic carbocycles. The molecule has 0 unspecified atom stereocenters. The lowest BCUT2D eigenvalue weighted by molar-refractivity contribution is -0.137. The first-order valence-corrected chi connectivity index (χ1v) is 23.7. The summed E-state index contributed by atoms with van der Waals surface area (Å²) in [6.45, 7) is 12.2. The number of pyridine rings is 1. The second-order valence-corrected chi connectivity index (χ2v) is 17.9. The Kier molecular flexibility index (Phi) is 21.3. The molecule has 0 saturated carbocycles. The number of H-pyrrole nitrogens is 1. The van der Waals surface area contributed by atoms with Gasteiger partial charge in [-0.2, -0.15) is 5.10 Å². The van der Waals surface area contributed by atoms with Crippen LogP contribution in [0.25, 0.3) is 11.4 Å². The smallest absolute Gasteiger partial charge is 0.410 e. The Morgan fingerprint density at radius 2 is 1.49 bits per heavy atom. The summed E-state index contributed by atoms with van der Waals surface area (Å²) < 4.78 is 28.6. The van der Waals surface area contributed by atoms with Gasteiger partial charge in [0.1, 0.15) is 16.9 Å². The number of nitrogens with one attached hydrogen (secondary N) is 3. The number of unbranched alkanes of at least 4 members (excludes halogenated alkanes) is 5. The number of aromatic amines is 1. The van der Waals surface area contributed by atoms with Crippen molar-refractivity contribution >= 4 is 23.7 Å². The minimum atomic E-state index is -0.757. The zero-order valence-electron chi connectivity index (χ0n) is 39.7. The first-order valence-electron chi connectivity index (χ1n) is 23.7. The highest BCUT2D eigenvalue weighted by Gasteiger charge is 2.41. The molecular weight excluding hydrogens is 859 g/mol. The number of carbonyl (C=O) groups is 3. The number of hydrogen-bond donors (Lipinski definition) is 5. The zero-order chi connectivity index (χ0) is 47.9. The van der Waals surface area contributed by atoms with Gasteiger partial charge in [-0.25, -0.2) is 9.78 Å². The van der Waals surface area contributed by atoms with E-state index in [2.05, 4.69) is 25.8 Å². The summed E-state index contributed by atoms with van der Waals surface area (Å²) in [5.41, 5.74) is 2.43. The number of likely N-dealkylation sites (tertiary alicyclic amines) is 1. The fourth-order valence-corrected chi connectivity index (χ4v) is 7.75. The molecule has 17 nitrogen and oxygen atoms in total. The van der Waals surface area contributed by atoms with Crippen LogP contribution in [0.5, 0.6) is 5.75 Å². The van der Waals surface area contributed by atoms with Crippen molar-refractivity contribution in [2.45, 2.75) is 116 Å². The summed E-state index contributed by atoms with van der Waals surface area (Å²) in [6, 6.07) is 16.4. The molecule has 0 bridgehead atoms. The topological polar surface area (TPSA) is 220 Å². The maximum atomic E-state index is 14.0. The molecule has 0 radical (unpaired) electrons. The number of aliphatic hydroxyl groups is 1. The van der Waals surface area contributed by atoms with E-state index in [4.69, 9.17) is 33.8 Å². The lowest BCUT2D eigenvalue weighted by atomic mass is 9.86. The number of ether oxygens (including phenoxy) is 5. The first-order chi connectivity index (χ1) is 32.4. The molecule has 4 aromatic rings. The van der Waals surface area contributed by atoms with Gasteiger partial charge in [0.25, 0.3) is 5.91 Å². The summed E-state index contributed by atoms with van der Waals surface area (Å²) in [7, 11) is 0. The minimum absolute atomic E-state index is 0.121. The lowest BCUT2D eigenvalue weighted by Gasteiger charge is -2.41. The number of carboxylic acid groups (broad SMARTS) is 1. The second kappa shape index (κ2) is 27.3. The Morgan fingerprint density at radius 3 is 2.15 bits per heavy atom. The van der Waals surface area contributed by atoms with Crippen LogP contribution in [0.2, 0.25) is 0 Å². The molecule has 0 spiro atoms. The van der Waals surface area contributed by atoms with Crippen molar-refractivity contribution in [3.63, 3.8) is 0 Å². The van der Waals surface area contributed by atoms with E-state index in [9.17, 15) is 19.5 Å². The van der Waals surface area contributed by atoms with Gasteiger partial charge in [0.05, 0.1) is 39.1 Å². The molecule has 3 heterocycles. The van der Waals surface area contributed by atoms with Gasteiger partial charge < -0.3 is 49.4 Å². The van der Waals surface area contributed by atoms with Crippen LogP contribution in [0.3, 0.4) is 0 Å². The number of carboxylic acids is 1. The normalized spacial score (nSPS) is 14.1. The summed E-state index contributed by atoms with van der Waals surface area (Å²) in [5, 5.41) is 33.3. The number of aromatic nitrogens is 4. The summed E-state index contributed by atoms with van der Waals surface area (Å²) in [6.07, 6.45) is 10.8.